The lowest BCUT2D eigenvalue weighted by molar-refractivity contribution is -0.152. The number of Topliss-reactive ketones (excluding diaryl/α,β-unsaturated/α-hetero) is 1. The lowest BCUT2D eigenvalue weighted by Crippen LogP contribution is -2.54. The number of aliphatic hydroxyl groups is 1. The van der Waals surface area contributed by atoms with Crippen LogP contribution in [0.15, 0.2) is 0 Å². The minimum absolute atomic E-state index is 0.330. The smallest absolute Gasteiger partial charge is 0.135 e. The number of halogens is 1. The Bertz CT molecular complexity index is 267. The molecule has 17 heavy (non-hydrogen) atoms. The van der Waals surface area contributed by atoms with Crippen molar-refractivity contribution < 1.29 is 13.0 Å². The highest BCUT2D eigenvalue weighted by atomic mass is 127. The van der Waals surface area contributed by atoms with Crippen molar-refractivity contribution in [2.75, 3.05) is 19.7 Å². The molecule has 1 heterocycles. The largest absolute Gasteiger partial charge is 0.376 e. The van der Waals surface area contributed by atoms with Gasteiger partial charge in [0.15, 0.2) is 0 Å². The van der Waals surface area contributed by atoms with Crippen LogP contribution in [0.2, 0.25) is 0 Å². The first kappa shape index (κ1) is 13.7. The summed E-state index contributed by atoms with van der Waals surface area (Å²) in [5.74, 6) is 0.912. The molecule has 98 valence electrons. The van der Waals surface area contributed by atoms with Crippen LogP contribution < -0.4 is 0 Å². The van der Waals surface area contributed by atoms with Gasteiger partial charge in [-0.3, -0.25) is 9.69 Å². The first-order valence-corrected chi connectivity index (χ1v) is 7.25. The first-order chi connectivity index (χ1) is 8.14. The van der Waals surface area contributed by atoms with Crippen LogP contribution in [-0.4, -0.2) is 41.2 Å². The van der Waals surface area contributed by atoms with Crippen LogP contribution in [-0.2, 0) is 7.86 Å². The molecule has 0 radical (unpaired) electrons. The van der Waals surface area contributed by atoms with Crippen molar-refractivity contribution in [1.29, 1.82) is 0 Å². The summed E-state index contributed by atoms with van der Waals surface area (Å²) in [6, 6.07) is 0. The predicted octanol–water partition coefficient (Wildman–Crippen LogP) is 1.90. The number of rotatable bonds is 3. The molecule has 4 nitrogen and oxygen atoms in total. The lowest BCUT2D eigenvalue weighted by atomic mass is 9.82. The molecule has 0 spiro atoms. The SMILES string of the molecule is O=C1CCN(C2(O)CCC(COI)CC2)CC1. The van der Waals surface area contributed by atoms with Gasteiger partial charge < -0.3 is 8.17 Å². The van der Waals surface area contributed by atoms with Crippen molar-refractivity contribution in [1.82, 2.24) is 4.90 Å². The Labute approximate surface area is 116 Å². The van der Waals surface area contributed by atoms with Gasteiger partial charge in [0.25, 0.3) is 0 Å². The zero-order valence-corrected chi connectivity index (χ0v) is 12.2. The molecule has 0 aromatic rings. The van der Waals surface area contributed by atoms with Crippen molar-refractivity contribution in [2.45, 2.75) is 44.2 Å². The third-order valence-electron chi connectivity index (χ3n) is 4.11. The first-order valence-electron chi connectivity index (χ1n) is 6.37. The van der Waals surface area contributed by atoms with E-state index in [-0.39, 0.29) is 0 Å². The summed E-state index contributed by atoms with van der Waals surface area (Å²) in [5, 5.41) is 10.6. The topological polar surface area (TPSA) is 49.8 Å². The Hall–Kier alpha value is 0.280. The number of likely N-dealkylation sites (tertiary alicyclic amines) is 1. The quantitative estimate of drug-likeness (QED) is 0.788. The van der Waals surface area contributed by atoms with E-state index >= 15 is 0 Å². The Morgan fingerprint density at radius 1 is 1.35 bits per heavy atom. The van der Waals surface area contributed by atoms with E-state index in [2.05, 4.69) is 4.90 Å². The number of nitrogens with zero attached hydrogens (tertiary/aromatic N) is 1. The second-order valence-corrected chi connectivity index (χ2v) is 5.85. The van der Waals surface area contributed by atoms with Crippen LogP contribution in [0.5, 0.6) is 0 Å². The molecule has 1 saturated heterocycles. The molecular weight excluding hydrogens is 333 g/mol. The second-order valence-electron chi connectivity index (χ2n) is 5.23. The Kier molecular flexibility index (Phi) is 4.80. The van der Waals surface area contributed by atoms with Crippen LogP contribution in [0, 0.1) is 5.92 Å². The fourth-order valence-corrected chi connectivity index (χ4v) is 3.39. The molecule has 0 amide bonds. The molecule has 1 saturated carbocycles. The molecule has 5 heteroatoms. The van der Waals surface area contributed by atoms with Crippen molar-refractivity contribution in [2.24, 2.45) is 5.92 Å². The number of carbonyl (C=O) groups is 1. The van der Waals surface area contributed by atoms with Gasteiger partial charge in [0.2, 0.25) is 0 Å². The maximum absolute atomic E-state index is 11.2. The molecule has 2 aliphatic rings. The molecule has 2 rings (SSSR count). The van der Waals surface area contributed by atoms with E-state index < -0.39 is 5.72 Å². The minimum atomic E-state index is -0.664. The van der Waals surface area contributed by atoms with Gasteiger partial charge in [-0.05, 0) is 31.6 Å². The number of piperidine rings is 1. The minimum Gasteiger partial charge on any atom is -0.376 e. The van der Waals surface area contributed by atoms with Crippen molar-refractivity contribution in [3.05, 3.63) is 0 Å². The predicted molar refractivity (Wildman–Crippen MR) is 72.7 cm³/mol. The molecule has 0 bridgehead atoms. The number of hydrogen-bond donors (Lipinski definition) is 1. The van der Waals surface area contributed by atoms with Gasteiger partial charge in [0.05, 0.1) is 6.61 Å². The third kappa shape index (κ3) is 3.39. The van der Waals surface area contributed by atoms with Gasteiger partial charge in [0.1, 0.15) is 34.5 Å². The molecule has 0 unspecified atom stereocenters. The van der Waals surface area contributed by atoms with E-state index in [1.54, 1.807) is 0 Å². The summed E-state index contributed by atoms with van der Waals surface area (Å²) < 4.78 is 5.14. The Balaban J connectivity index is 1.86. The molecule has 1 aliphatic carbocycles. The highest BCUT2D eigenvalue weighted by Crippen LogP contribution is 2.36. The lowest BCUT2D eigenvalue weighted by Gasteiger charge is -2.45. The van der Waals surface area contributed by atoms with Gasteiger partial charge in [-0.25, -0.2) is 0 Å². The summed E-state index contributed by atoms with van der Waals surface area (Å²) in [7, 11) is 0. The fourth-order valence-electron chi connectivity index (χ4n) is 2.88. The third-order valence-corrected chi connectivity index (χ3v) is 4.47. The molecule has 0 aromatic heterocycles. The van der Waals surface area contributed by atoms with E-state index in [0.717, 1.165) is 45.4 Å². The highest BCUT2D eigenvalue weighted by molar-refractivity contribution is 14.1. The molecular formula is C12H20INO3. The second kappa shape index (κ2) is 5.95. The summed E-state index contributed by atoms with van der Waals surface area (Å²) >= 11 is 1.93. The average Bonchev–Trinajstić information content (AvgIpc) is 2.33. The molecule has 2 fully saturated rings. The standard InChI is InChI=1S/C12H20INO3/c13-17-9-10-1-5-12(16,6-2-10)14-7-3-11(15)4-8-14/h10,16H,1-9H2. The van der Waals surface area contributed by atoms with Crippen molar-refractivity contribution >= 4 is 28.8 Å². The molecule has 1 aliphatic heterocycles. The summed E-state index contributed by atoms with van der Waals surface area (Å²) in [4.78, 5) is 13.3. The normalized spacial score (nSPS) is 36.1. The molecule has 0 atom stereocenters. The van der Waals surface area contributed by atoms with E-state index in [4.69, 9.17) is 3.07 Å². The van der Waals surface area contributed by atoms with Gasteiger partial charge in [-0.2, -0.15) is 0 Å². The zero-order chi connectivity index (χ0) is 12.3. The van der Waals surface area contributed by atoms with Crippen LogP contribution in [0.4, 0.5) is 0 Å². The number of ketones is 1. The maximum atomic E-state index is 11.2. The Morgan fingerprint density at radius 2 is 1.94 bits per heavy atom. The monoisotopic (exact) mass is 353 g/mol. The van der Waals surface area contributed by atoms with Crippen LogP contribution in [0.25, 0.3) is 0 Å². The summed E-state index contributed by atoms with van der Waals surface area (Å²) in [6.45, 7) is 2.24. The summed E-state index contributed by atoms with van der Waals surface area (Å²) in [5.41, 5.74) is -0.664. The average molecular weight is 353 g/mol. The zero-order valence-electron chi connectivity index (χ0n) is 10.0. The Morgan fingerprint density at radius 3 is 2.47 bits per heavy atom. The van der Waals surface area contributed by atoms with Gasteiger partial charge in [-0.15, -0.1) is 0 Å². The van der Waals surface area contributed by atoms with E-state index in [1.807, 2.05) is 23.0 Å². The van der Waals surface area contributed by atoms with Gasteiger partial charge in [0, 0.05) is 25.9 Å². The van der Waals surface area contributed by atoms with E-state index in [9.17, 15) is 9.90 Å². The molecule has 0 aromatic carbocycles. The number of hydrogen-bond acceptors (Lipinski definition) is 4. The molecule has 1 N–H and O–H groups in total. The van der Waals surface area contributed by atoms with Gasteiger partial charge in [-0.1, -0.05) is 0 Å². The highest BCUT2D eigenvalue weighted by Gasteiger charge is 2.39. The fraction of sp³-hybridized carbons (Fsp3) is 0.917. The maximum Gasteiger partial charge on any atom is 0.135 e. The van der Waals surface area contributed by atoms with Crippen LogP contribution >= 0.6 is 23.0 Å². The number of carbonyl (C=O) groups excluding carboxylic acids is 1. The van der Waals surface area contributed by atoms with E-state index in [0.29, 0.717) is 24.5 Å². The van der Waals surface area contributed by atoms with E-state index in [1.165, 1.54) is 0 Å². The van der Waals surface area contributed by atoms with Crippen molar-refractivity contribution in [3.8, 4) is 0 Å². The van der Waals surface area contributed by atoms with Gasteiger partial charge >= 0.3 is 0 Å². The van der Waals surface area contributed by atoms with Crippen LogP contribution in [0.3, 0.4) is 0 Å². The van der Waals surface area contributed by atoms with Crippen LogP contribution in [0.1, 0.15) is 38.5 Å². The summed E-state index contributed by atoms with van der Waals surface area (Å²) in [6.07, 6.45) is 4.86. The van der Waals surface area contributed by atoms with Crippen molar-refractivity contribution in [3.63, 3.8) is 0 Å².